The molecule has 0 unspecified atom stereocenters. The zero-order valence-electron chi connectivity index (χ0n) is 11.1. The van der Waals surface area contributed by atoms with Gasteiger partial charge in [-0.15, -0.1) is 0 Å². The molecule has 2 fully saturated rings. The fraction of sp³-hybridized carbons (Fsp3) is 0.917. The number of amidine groups is 1. The Balaban J connectivity index is 2.22. The van der Waals surface area contributed by atoms with Crippen LogP contribution in [0.4, 0.5) is 0 Å². The molecule has 0 atom stereocenters. The SMILES string of the molecule is NC(=NO)C1(NS(=O)(=O)C2CC2)CCCCCCC1. The number of rotatable bonds is 4. The molecule has 0 heterocycles. The molecule has 0 amide bonds. The molecule has 2 rings (SSSR count). The minimum absolute atomic E-state index is 0.00127. The maximum atomic E-state index is 12.2. The van der Waals surface area contributed by atoms with Crippen LogP contribution in [-0.2, 0) is 10.0 Å². The average molecular weight is 289 g/mol. The van der Waals surface area contributed by atoms with Crippen LogP contribution in [0.15, 0.2) is 5.16 Å². The molecule has 6 nitrogen and oxygen atoms in total. The first-order valence-corrected chi connectivity index (χ1v) is 8.56. The van der Waals surface area contributed by atoms with Crippen LogP contribution in [0.5, 0.6) is 0 Å². The zero-order chi connectivity index (χ0) is 13.9. The Bertz CT molecular complexity index is 435. The lowest BCUT2D eigenvalue weighted by molar-refractivity contribution is 0.299. The Kier molecular flexibility index (Phi) is 4.35. The molecule has 4 N–H and O–H groups in total. The summed E-state index contributed by atoms with van der Waals surface area (Å²) in [6, 6.07) is 0. The van der Waals surface area contributed by atoms with Crippen molar-refractivity contribution < 1.29 is 13.6 Å². The summed E-state index contributed by atoms with van der Waals surface area (Å²) >= 11 is 0. The molecule has 110 valence electrons. The van der Waals surface area contributed by atoms with E-state index in [1.165, 1.54) is 6.42 Å². The van der Waals surface area contributed by atoms with Gasteiger partial charge in [0.05, 0.1) is 10.8 Å². The van der Waals surface area contributed by atoms with E-state index >= 15 is 0 Å². The summed E-state index contributed by atoms with van der Waals surface area (Å²) < 4.78 is 27.1. The predicted molar refractivity (Wildman–Crippen MR) is 73.5 cm³/mol. The van der Waals surface area contributed by atoms with Crippen molar-refractivity contribution in [3.05, 3.63) is 0 Å². The third kappa shape index (κ3) is 3.39. The lowest BCUT2D eigenvalue weighted by Crippen LogP contribution is -2.58. The third-order valence-corrected chi connectivity index (χ3v) is 6.13. The highest BCUT2D eigenvalue weighted by Gasteiger charge is 2.44. The van der Waals surface area contributed by atoms with Crippen LogP contribution in [0, 0.1) is 0 Å². The van der Waals surface area contributed by atoms with E-state index in [0.717, 1.165) is 25.7 Å². The average Bonchev–Trinajstić information content (AvgIpc) is 3.16. The molecule has 2 saturated carbocycles. The van der Waals surface area contributed by atoms with Crippen molar-refractivity contribution in [1.29, 1.82) is 0 Å². The van der Waals surface area contributed by atoms with E-state index in [0.29, 0.717) is 25.7 Å². The van der Waals surface area contributed by atoms with Crippen LogP contribution >= 0.6 is 0 Å². The summed E-state index contributed by atoms with van der Waals surface area (Å²) in [5, 5.41) is 11.8. The summed E-state index contributed by atoms with van der Waals surface area (Å²) in [6.07, 6.45) is 7.71. The molecule has 19 heavy (non-hydrogen) atoms. The monoisotopic (exact) mass is 289 g/mol. The van der Waals surface area contributed by atoms with Crippen LogP contribution in [0.2, 0.25) is 0 Å². The highest BCUT2D eigenvalue weighted by molar-refractivity contribution is 7.90. The highest BCUT2D eigenvalue weighted by Crippen LogP contribution is 2.32. The molecule has 0 saturated heterocycles. The summed E-state index contributed by atoms with van der Waals surface area (Å²) in [4.78, 5) is 0. The van der Waals surface area contributed by atoms with Gasteiger partial charge in [0.1, 0.15) is 0 Å². The summed E-state index contributed by atoms with van der Waals surface area (Å²) in [5.41, 5.74) is 4.91. The van der Waals surface area contributed by atoms with Gasteiger partial charge in [-0.2, -0.15) is 0 Å². The Morgan fingerprint density at radius 2 is 1.68 bits per heavy atom. The molecular weight excluding hydrogens is 266 g/mol. The van der Waals surface area contributed by atoms with Gasteiger partial charge in [0.15, 0.2) is 5.84 Å². The van der Waals surface area contributed by atoms with Crippen LogP contribution in [-0.4, -0.2) is 30.2 Å². The number of oxime groups is 1. The molecular formula is C12H23N3O3S. The van der Waals surface area contributed by atoms with Gasteiger partial charge in [0, 0.05) is 0 Å². The molecule has 0 aromatic carbocycles. The van der Waals surface area contributed by atoms with E-state index < -0.39 is 15.6 Å². The Hall–Kier alpha value is -0.820. The third-order valence-electron chi connectivity index (χ3n) is 4.11. The van der Waals surface area contributed by atoms with Crippen molar-refractivity contribution in [2.45, 2.75) is 68.6 Å². The van der Waals surface area contributed by atoms with Gasteiger partial charge in [-0.3, -0.25) is 0 Å². The van der Waals surface area contributed by atoms with Crippen LogP contribution < -0.4 is 10.5 Å². The second-order valence-corrected chi connectivity index (χ2v) is 7.64. The van der Waals surface area contributed by atoms with Gasteiger partial charge >= 0.3 is 0 Å². The molecule has 0 aromatic heterocycles. The maximum Gasteiger partial charge on any atom is 0.215 e. The summed E-state index contributed by atoms with van der Waals surface area (Å²) in [5.74, 6) is -0.00127. The first kappa shape index (κ1) is 14.6. The van der Waals surface area contributed by atoms with E-state index in [1.807, 2.05) is 0 Å². The van der Waals surface area contributed by atoms with Crippen molar-refractivity contribution in [3.8, 4) is 0 Å². The second kappa shape index (κ2) is 5.66. The van der Waals surface area contributed by atoms with Crippen molar-refractivity contribution in [3.63, 3.8) is 0 Å². The number of nitrogens with zero attached hydrogens (tertiary/aromatic N) is 1. The van der Waals surface area contributed by atoms with Crippen molar-refractivity contribution in [1.82, 2.24) is 4.72 Å². The van der Waals surface area contributed by atoms with Crippen LogP contribution in [0.3, 0.4) is 0 Å². The fourth-order valence-electron chi connectivity index (χ4n) is 2.75. The van der Waals surface area contributed by atoms with E-state index in [4.69, 9.17) is 10.9 Å². The van der Waals surface area contributed by atoms with Crippen molar-refractivity contribution in [2.24, 2.45) is 10.9 Å². The lowest BCUT2D eigenvalue weighted by atomic mass is 9.84. The number of sulfonamides is 1. The smallest absolute Gasteiger partial charge is 0.215 e. The normalized spacial score (nSPS) is 25.6. The minimum atomic E-state index is -3.35. The summed E-state index contributed by atoms with van der Waals surface area (Å²) in [6.45, 7) is 0. The van der Waals surface area contributed by atoms with Gasteiger partial charge in [-0.1, -0.05) is 37.3 Å². The second-order valence-electron chi connectivity index (χ2n) is 5.68. The number of nitrogens with one attached hydrogen (secondary N) is 1. The molecule has 0 radical (unpaired) electrons. The molecule has 0 aromatic rings. The topological polar surface area (TPSA) is 105 Å². The highest BCUT2D eigenvalue weighted by atomic mass is 32.2. The molecule has 2 aliphatic rings. The van der Waals surface area contributed by atoms with Gasteiger partial charge in [0.25, 0.3) is 0 Å². The van der Waals surface area contributed by atoms with Gasteiger partial charge in [-0.25, -0.2) is 13.1 Å². The van der Waals surface area contributed by atoms with E-state index in [2.05, 4.69) is 9.88 Å². The number of hydrogen-bond acceptors (Lipinski definition) is 4. The zero-order valence-corrected chi connectivity index (χ0v) is 12.0. The lowest BCUT2D eigenvalue weighted by Gasteiger charge is -2.34. The Morgan fingerprint density at radius 1 is 1.16 bits per heavy atom. The quantitative estimate of drug-likeness (QED) is 0.314. The van der Waals surface area contributed by atoms with Gasteiger partial charge in [0.2, 0.25) is 10.0 Å². The molecule has 0 bridgehead atoms. The van der Waals surface area contributed by atoms with Crippen molar-refractivity contribution >= 4 is 15.9 Å². The van der Waals surface area contributed by atoms with Gasteiger partial charge in [-0.05, 0) is 25.7 Å². The van der Waals surface area contributed by atoms with E-state index in [-0.39, 0.29) is 11.1 Å². The largest absolute Gasteiger partial charge is 0.409 e. The molecule has 0 spiro atoms. The van der Waals surface area contributed by atoms with Gasteiger partial charge < -0.3 is 10.9 Å². The molecule has 2 aliphatic carbocycles. The molecule has 0 aliphatic heterocycles. The van der Waals surface area contributed by atoms with Crippen molar-refractivity contribution in [2.75, 3.05) is 0 Å². The molecule has 7 heteroatoms. The first-order valence-electron chi connectivity index (χ1n) is 7.01. The summed E-state index contributed by atoms with van der Waals surface area (Å²) in [7, 11) is -3.35. The Labute approximate surface area is 114 Å². The fourth-order valence-corrected chi connectivity index (χ4v) is 4.53. The number of nitrogens with two attached hydrogens (primary N) is 1. The van der Waals surface area contributed by atoms with E-state index in [9.17, 15) is 8.42 Å². The van der Waals surface area contributed by atoms with E-state index in [1.54, 1.807) is 0 Å². The number of hydrogen-bond donors (Lipinski definition) is 3. The first-order chi connectivity index (χ1) is 9.00. The Morgan fingerprint density at radius 3 is 2.16 bits per heavy atom. The van der Waals surface area contributed by atoms with Crippen LogP contribution in [0.1, 0.15) is 57.8 Å². The minimum Gasteiger partial charge on any atom is -0.409 e. The van der Waals surface area contributed by atoms with Crippen LogP contribution in [0.25, 0.3) is 0 Å². The maximum absolute atomic E-state index is 12.2. The predicted octanol–water partition coefficient (Wildman–Crippen LogP) is 1.30. The standard InChI is InChI=1S/C12H23N3O3S/c13-11(14-16)12(8-4-2-1-3-5-9-12)15-19(17,18)10-6-7-10/h10,15-16H,1-9H2,(H2,13,14).